The molecular weight excluding hydrogens is 256 g/mol. The quantitative estimate of drug-likeness (QED) is 0.671. The van der Waals surface area contributed by atoms with Crippen LogP contribution in [-0.4, -0.2) is 15.1 Å². The van der Waals surface area contributed by atoms with Crippen LogP contribution in [0.1, 0.15) is 39.7 Å². The number of rotatable bonds is 0. The van der Waals surface area contributed by atoms with Crippen molar-refractivity contribution in [2.24, 2.45) is 0 Å². The molecule has 0 fully saturated rings. The average molecular weight is 270 g/mol. The van der Waals surface area contributed by atoms with Gasteiger partial charge >= 0.3 is 0 Å². The van der Waals surface area contributed by atoms with Gasteiger partial charge in [0.2, 0.25) is 11.1 Å². The second-order valence-electron chi connectivity index (χ2n) is 5.09. The summed E-state index contributed by atoms with van der Waals surface area (Å²) in [5, 5.41) is 10.4. The number of H-pyrrole nitrogens is 2. The zero-order valence-corrected chi connectivity index (χ0v) is 11.2. The van der Waals surface area contributed by atoms with Gasteiger partial charge in [0.1, 0.15) is 6.10 Å². The Bertz CT molecular complexity index is 789. The number of aliphatic hydroxyl groups is 1. The van der Waals surface area contributed by atoms with Crippen LogP contribution < -0.4 is 11.1 Å². The van der Waals surface area contributed by atoms with Gasteiger partial charge in [-0.05, 0) is 30.5 Å². The molecule has 5 nitrogen and oxygen atoms in total. The number of aromatic nitrogens is 2. The maximum atomic E-state index is 11.6. The highest BCUT2D eigenvalue weighted by molar-refractivity contribution is 5.86. The highest BCUT2D eigenvalue weighted by atomic mass is 16.3. The number of aryl methyl sites for hydroxylation is 2. The molecule has 0 aliphatic heterocycles. The van der Waals surface area contributed by atoms with E-state index in [1.54, 1.807) is 13.8 Å². The highest BCUT2D eigenvalue weighted by Crippen LogP contribution is 2.40. The van der Waals surface area contributed by atoms with Gasteiger partial charge in [-0.1, -0.05) is 6.58 Å². The first-order valence-electron chi connectivity index (χ1n) is 6.25. The summed E-state index contributed by atoms with van der Waals surface area (Å²) in [6.45, 7) is 7.66. The topological polar surface area (TPSA) is 85.9 Å². The maximum absolute atomic E-state index is 11.6. The van der Waals surface area contributed by atoms with Gasteiger partial charge in [0.15, 0.2) is 0 Å². The van der Waals surface area contributed by atoms with E-state index in [0.29, 0.717) is 17.0 Å². The summed E-state index contributed by atoms with van der Waals surface area (Å²) in [6.07, 6.45) is -1.06. The van der Waals surface area contributed by atoms with Crippen molar-refractivity contribution < 1.29 is 5.11 Å². The average Bonchev–Trinajstić information content (AvgIpc) is 2.34. The minimum absolute atomic E-state index is 0.286. The van der Waals surface area contributed by atoms with Crippen molar-refractivity contribution in [3.05, 3.63) is 73.1 Å². The fraction of sp³-hybridized carbons (Fsp3) is 0.200. The van der Waals surface area contributed by atoms with E-state index in [1.165, 1.54) is 12.1 Å². The van der Waals surface area contributed by atoms with E-state index in [2.05, 4.69) is 16.5 Å². The van der Waals surface area contributed by atoms with Crippen molar-refractivity contribution in [3.8, 4) is 0 Å². The molecule has 5 heteroatoms. The SMILES string of the molecule is C=C1c2c(C)cc(=O)[nH]c2C(O)c2[nH]c(=O)cc(C)c21. The second kappa shape index (κ2) is 4.05. The van der Waals surface area contributed by atoms with Crippen molar-refractivity contribution in [2.75, 3.05) is 0 Å². The number of pyridine rings is 2. The van der Waals surface area contributed by atoms with E-state index in [1.807, 2.05) is 0 Å². The summed E-state index contributed by atoms with van der Waals surface area (Å²) in [5.74, 6) is 0. The highest BCUT2D eigenvalue weighted by Gasteiger charge is 2.30. The Labute approximate surface area is 114 Å². The van der Waals surface area contributed by atoms with E-state index in [0.717, 1.165) is 22.3 Å². The Morgan fingerprint density at radius 3 is 1.80 bits per heavy atom. The van der Waals surface area contributed by atoms with Gasteiger partial charge in [-0.25, -0.2) is 0 Å². The van der Waals surface area contributed by atoms with Crippen LogP contribution in [0.5, 0.6) is 0 Å². The van der Waals surface area contributed by atoms with Crippen LogP contribution in [0.3, 0.4) is 0 Å². The van der Waals surface area contributed by atoms with Crippen molar-refractivity contribution >= 4 is 5.57 Å². The van der Waals surface area contributed by atoms with E-state index < -0.39 is 6.10 Å². The number of nitrogens with one attached hydrogen (secondary N) is 2. The third kappa shape index (κ3) is 1.60. The molecule has 0 aromatic carbocycles. The lowest BCUT2D eigenvalue weighted by molar-refractivity contribution is 0.207. The number of aromatic amines is 2. The minimum atomic E-state index is -1.06. The van der Waals surface area contributed by atoms with Gasteiger partial charge in [-0.3, -0.25) is 9.59 Å². The van der Waals surface area contributed by atoms with Crippen molar-refractivity contribution in [1.82, 2.24) is 9.97 Å². The van der Waals surface area contributed by atoms with Crippen LogP contribution in [0, 0.1) is 13.8 Å². The van der Waals surface area contributed by atoms with Gasteiger partial charge in [0.05, 0.1) is 11.4 Å². The van der Waals surface area contributed by atoms with Crippen LogP contribution in [0.2, 0.25) is 0 Å². The molecule has 2 aromatic rings. The predicted octanol–water partition coefficient (Wildman–Crippen LogP) is 1.14. The molecule has 0 bridgehead atoms. The van der Waals surface area contributed by atoms with E-state index in [9.17, 15) is 14.7 Å². The molecule has 2 aromatic heterocycles. The number of hydrogen-bond donors (Lipinski definition) is 3. The van der Waals surface area contributed by atoms with Gasteiger partial charge in [0, 0.05) is 23.3 Å². The molecule has 0 saturated heterocycles. The molecule has 2 heterocycles. The smallest absolute Gasteiger partial charge is 0.248 e. The number of fused-ring (bicyclic) bond motifs is 2. The molecule has 1 aliphatic carbocycles. The standard InChI is InChI=1S/C15H14N2O3/c1-6-4-9(18)16-13-11(6)8(3)12-7(2)5-10(19)17-14(12)15(13)20/h4-5,15,20H,3H2,1-2H3,(H,16,18)(H,17,19). The summed E-state index contributed by atoms with van der Waals surface area (Å²) < 4.78 is 0. The fourth-order valence-corrected chi connectivity index (χ4v) is 2.91. The van der Waals surface area contributed by atoms with Gasteiger partial charge in [-0.2, -0.15) is 0 Å². The Morgan fingerprint density at radius 2 is 1.40 bits per heavy atom. The zero-order chi connectivity index (χ0) is 14.6. The summed E-state index contributed by atoms with van der Waals surface area (Å²) in [5.41, 5.74) is 3.87. The first-order valence-corrected chi connectivity index (χ1v) is 6.25. The maximum Gasteiger partial charge on any atom is 0.248 e. The molecule has 0 saturated carbocycles. The van der Waals surface area contributed by atoms with Crippen LogP contribution in [0.15, 0.2) is 28.3 Å². The monoisotopic (exact) mass is 270 g/mol. The molecule has 0 radical (unpaired) electrons. The second-order valence-corrected chi connectivity index (χ2v) is 5.09. The first kappa shape index (κ1) is 12.6. The van der Waals surface area contributed by atoms with Gasteiger partial charge < -0.3 is 15.1 Å². The predicted molar refractivity (Wildman–Crippen MR) is 75.8 cm³/mol. The van der Waals surface area contributed by atoms with Crippen LogP contribution in [0.25, 0.3) is 5.57 Å². The van der Waals surface area contributed by atoms with Crippen molar-refractivity contribution in [2.45, 2.75) is 20.0 Å². The molecule has 3 N–H and O–H groups in total. The minimum Gasteiger partial charge on any atom is -0.381 e. The zero-order valence-electron chi connectivity index (χ0n) is 11.2. The molecule has 20 heavy (non-hydrogen) atoms. The molecule has 102 valence electrons. The third-order valence-corrected chi connectivity index (χ3v) is 3.69. The molecule has 0 spiro atoms. The van der Waals surface area contributed by atoms with E-state index in [-0.39, 0.29) is 11.1 Å². The molecule has 1 aliphatic rings. The molecule has 0 amide bonds. The number of hydrogen-bond acceptors (Lipinski definition) is 3. The Kier molecular flexibility index (Phi) is 2.55. The van der Waals surface area contributed by atoms with E-state index >= 15 is 0 Å². The Balaban J connectivity index is 2.42. The largest absolute Gasteiger partial charge is 0.381 e. The normalized spacial score (nSPS) is 14.1. The summed E-state index contributed by atoms with van der Waals surface area (Å²) in [7, 11) is 0. The molecule has 0 unspecified atom stereocenters. The first-order chi connectivity index (χ1) is 9.40. The lowest BCUT2D eigenvalue weighted by Gasteiger charge is -2.27. The summed E-state index contributed by atoms with van der Waals surface area (Å²) in [6, 6.07) is 2.95. The van der Waals surface area contributed by atoms with E-state index in [4.69, 9.17) is 0 Å². The van der Waals surface area contributed by atoms with Gasteiger partial charge in [0.25, 0.3) is 0 Å². The fourth-order valence-electron chi connectivity index (χ4n) is 2.91. The summed E-state index contributed by atoms with van der Waals surface area (Å²) in [4.78, 5) is 28.5. The number of aliphatic hydroxyl groups excluding tert-OH is 1. The van der Waals surface area contributed by atoms with Crippen LogP contribution in [-0.2, 0) is 0 Å². The molecule has 0 atom stereocenters. The van der Waals surface area contributed by atoms with Crippen molar-refractivity contribution in [3.63, 3.8) is 0 Å². The van der Waals surface area contributed by atoms with Gasteiger partial charge in [-0.15, -0.1) is 0 Å². The lowest BCUT2D eigenvalue weighted by Crippen LogP contribution is -2.25. The van der Waals surface area contributed by atoms with Crippen molar-refractivity contribution in [1.29, 1.82) is 0 Å². The lowest BCUT2D eigenvalue weighted by atomic mass is 9.83. The Morgan fingerprint density at radius 1 is 1.00 bits per heavy atom. The molecule has 3 rings (SSSR count). The summed E-state index contributed by atoms with van der Waals surface area (Å²) >= 11 is 0. The third-order valence-electron chi connectivity index (χ3n) is 3.69. The van der Waals surface area contributed by atoms with Crippen LogP contribution >= 0.6 is 0 Å². The Hall–Kier alpha value is -2.40. The van der Waals surface area contributed by atoms with Crippen LogP contribution in [0.4, 0.5) is 0 Å². The molecular formula is C15H14N2O3.